The highest BCUT2D eigenvalue weighted by Crippen LogP contribution is 2.64. The van der Waals surface area contributed by atoms with Crippen LogP contribution in [0.5, 0.6) is 0 Å². The molecular formula is C18H24O4. The van der Waals surface area contributed by atoms with Gasteiger partial charge in [-0.3, -0.25) is 0 Å². The Kier molecular flexibility index (Phi) is 4.25. The average molecular weight is 304 g/mol. The SMILES string of the molecule is COC(=O)/C=C/C=C(\C)C#C[C@@]12O[C@]1(C)C[C@@H](O)CC2(C)C. The molecule has 0 amide bonds. The molecule has 22 heavy (non-hydrogen) atoms. The predicted octanol–water partition coefficient (Wildman–Crippen LogP) is 2.37. The minimum Gasteiger partial charge on any atom is -0.466 e. The highest BCUT2D eigenvalue weighted by atomic mass is 16.6. The van der Waals surface area contributed by atoms with Crippen LogP contribution in [0.15, 0.2) is 23.8 Å². The van der Waals surface area contributed by atoms with Crippen molar-refractivity contribution in [3.05, 3.63) is 23.8 Å². The quantitative estimate of drug-likeness (QED) is 0.280. The van der Waals surface area contributed by atoms with E-state index in [1.54, 1.807) is 12.2 Å². The lowest BCUT2D eigenvalue weighted by Gasteiger charge is -2.37. The molecule has 0 radical (unpaired) electrons. The molecule has 4 heteroatoms. The van der Waals surface area contributed by atoms with E-state index in [9.17, 15) is 9.90 Å². The maximum absolute atomic E-state index is 11.0. The van der Waals surface area contributed by atoms with Crippen LogP contribution >= 0.6 is 0 Å². The Bertz CT molecular complexity index is 590. The van der Waals surface area contributed by atoms with Crippen LogP contribution in [0.25, 0.3) is 0 Å². The number of rotatable bonds is 2. The minimum absolute atomic E-state index is 0.200. The minimum atomic E-state index is -0.500. The maximum atomic E-state index is 11.0. The van der Waals surface area contributed by atoms with Crippen LogP contribution in [-0.4, -0.2) is 35.5 Å². The lowest BCUT2D eigenvalue weighted by atomic mass is 9.63. The van der Waals surface area contributed by atoms with Gasteiger partial charge in [0.05, 0.1) is 13.2 Å². The van der Waals surface area contributed by atoms with Crippen molar-refractivity contribution in [3.63, 3.8) is 0 Å². The van der Waals surface area contributed by atoms with E-state index < -0.39 is 11.6 Å². The third-order valence-electron chi connectivity index (χ3n) is 4.62. The van der Waals surface area contributed by atoms with Gasteiger partial charge in [-0.25, -0.2) is 4.79 Å². The summed E-state index contributed by atoms with van der Waals surface area (Å²) < 4.78 is 10.5. The summed E-state index contributed by atoms with van der Waals surface area (Å²) in [5.41, 5.74) is -0.229. The number of hydrogen-bond acceptors (Lipinski definition) is 4. The molecular weight excluding hydrogens is 280 g/mol. The third-order valence-corrected chi connectivity index (χ3v) is 4.62. The van der Waals surface area contributed by atoms with Gasteiger partial charge in [0.25, 0.3) is 0 Å². The molecule has 1 saturated carbocycles. The van der Waals surface area contributed by atoms with E-state index in [-0.39, 0.29) is 17.1 Å². The fraction of sp³-hybridized carbons (Fsp3) is 0.611. The van der Waals surface area contributed by atoms with E-state index in [4.69, 9.17) is 4.74 Å². The van der Waals surface area contributed by atoms with Crippen molar-refractivity contribution in [1.29, 1.82) is 0 Å². The van der Waals surface area contributed by atoms with Crippen LogP contribution in [0, 0.1) is 17.3 Å². The first-order valence-electron chi connectivity index (χ1n) is 7.50. The van der Waals surface area contributed by atoms with E-state index in [1.807, 2.05) is 13.8 Å². The van der Waals surface area contributed by atoms with E-state index in [1.165, 1.54) is 13.2 Å². The second-order valence-electron chi connectivity index (χ2n) is 6.94. The van der Waals surface area contributed by atoms with E-state index >= 15 is 0 Å². The lowest BCUT2D eigenvalue weighted by molar-refractivity contribution is -0.134. The summed E-state index contributed by atoms with van der Waals surface area (Å²) in [4.78, 5) is 11.0. The summed E-state index contributed by atoms with van der Waals surface area (Å²) in [7, 11) is 1.34. The first-order chi connectivity index (χ1) is 10.2. The largest absolute Gasteiger partial charge is 0.466 e. The number of methoxy groups -OCH3 is 1. The fourth-order valence-electron chi connectivity index (χ4n) is 3.50. The normalized spacial score (nSPS) is 36.3. The van der Waals surface area contributed by atoms with Crippen molar-refractivity contribution in [2.24, 2.45) is 5.41 Å². The molecule has 0 spiro atoms. The summed E-state index contributed by atoms with van der Waals surface area (Å²) in [5.74, 6) is 6.00. The zero-order valence-electron chi connectivity index (χ0n) is 13.9. The predicted molar refractivity (Wildman–Crippen MR) is 83.9 cm³/mol. The topological polar surface area (TPSA) is 59.1 Å². The molecule has 3 atom stereocenters. The summed E-state index contributed by atoms with van der Waals surface area (Å²) >= 11 is 0. The van der Waals surface area contributed by atoms with Gasteiger partial charge < -0.3 is 14.6 Å². The Hall–Kier alpha value is -1.57. The van der Waals surface area contributed by atoms with Gasteiger partial charge in [0.1, 0.15) is 5.60 Å². The van der Waals surface area contributed by atoms with E-state index in [0.29, 0.717) is 12.8 Å². The molecule has 2 fully saturated rings. The van der Waals surface area contributed by atoms with Gasteiger partial charge in [-0.2, -0.15) is 0 Å². The zero-order chi connectivity index (χ0) is 16.6. The van der Waals surface area contributed by atoms with Crippen molar-refractivity contribution in [2.45, 2.75) is 57.8 Å². The summed E-state index contributed by atoms with van der Waals surface area (Å²) in [5, 5.41) is 10.00. The molecule has 0 unspecified atom stereocenters. The Morgan fingerprint density at radius 2 is 2.05 bits per heavy atom. The molecule has 1 heterocycles. The van der Waals surface area contributed by atoms with Crippen LogP contribution in [0.4, 0.5) is 0 Å². The van der Waals surface area contributed by atoms with Gasteiger partial charge >= 0.3 is 5.97 Å². The van der Waals surface area contributed by atoms with E-state index in [2.05, 4.69) is 30.4 Å². The Morgan fingerprint density at radius 3 is 2.64 bits per heavy atom. The van der Waals surface area contributed by atoms with E-state index in [0.717, 1.165) is 5.57 Å². The van der Waals surface area contributed by atoms with Gasteiger partial charge in [0.2, 0.25) is 0 Å². The number of esters is 1. The van der Waals surface area contributed by atoms with Crippen molar-refractivity contribution < 1.29 is 19.4 Å². The molecule has 0 aromatic heterocycles. The molecule has 0 bridgehead atoms. The number of carbonyl (C=O) groups excluding carboxylic acids is 1. The molecule has 1 N–H and O–H groups in total. The number of carbonyl (C=O) groups is 1. The van der Waals surface area contributed by atoms with Gasteiger partial charge in [-0.15, -0.1) is 0 Å². The number of epoxide rings is 1. The van der Waals surface area contributed by atoms with Gasteiger partial charge in [0.15, 0.2) is 5.60 Å². The van der Waals surface area contributed by atoms with Gasteiger partial charge in [-0.1, -0.05) is 37.8 Å². The van der Waals surface area contributed by atoms with Crippen molar-refractivity contribution in [3.8, 4) is 11.8 Å². The number of fused-ring (bicyclic) bond motifs is 1. The van der Waals surface area contributed by atoms with Crippen LogP contribution in [0.2, 0.25) is 0 Å². The van der Waals surface area contributed by atoms with Crippen LogP contribution in [0.3, 0.4) is 0 Å². The second kappa shape index (κ2) is 5.57. The van der Waals surface area contributed by atoms with Gasteiger partial charge in [-0.05, 0) is 25.8 Å². The smallest absolute Gasteiger partial charge is 0.330 e. The Balaban J connectivity index is 2.16. The first-order valence-corrected chi connectivity index (χ1v) is 7.50. The van der Waals surface area contributed by atoms with Crippen LogP contribution in [-0.2, 0) is 14.3 Å². The highest BCUT2D eigenvalue weighted by Gasteiger charge is 2.75. The van der Waals surface area contributed by atoms with Crippen molar-refractivity contribution in [1.82, 2.24) is 0 Å². The molecule has 2 aliphatic rings. The summed E-state index contributed by atoms with van der Waals surface area (Å²) in [6, 6.07) is 0. The molecule has 0 aromatic rings. The maximum Gasteiger partial charge on any atom is 0.330 e. The molecule has 0 aromatic carbocycles. The number of allylic oxidation sites excluding steroid dienone is 3. The van der Waals surface area contributed by atoms with Crippen molar-refractivity contribution in [2.75, 3.05) is 7.11 Å². The number of hydrogen-bond donors (Lipinski definition) is 1. The van der Waals surface area contributed by atoms with Crippen LogP contribution < -0.4 is 0 Å². The Morgan fingerprint density at radius 1 is 1.36 bits per heavy atom. The molecule has 2 rings (SSSR count). The number of aliphatic hydroxyl groups is 1. The monoisotopic (exact) mass is 304 g/mol. The van der Waals surface area contributed by atoms with Crippen LogP contribution in [0.1, 0.15) is 40.5 Å². The molecule has 1 aliphatic carbocycles. The standard InChI is InChI=1S/C18H24O4/c1-13(7-6-8-15(20)21-5)9-10-18-16(2,3)11-14(19)12-17(18,4)22-18/h6-8,14,19H,11-12H2,1-5H3/b8-6+,13-7+/t14-,17+,18-/m0/s1. The van der Waals surface area contributed by atoms with Crippen molar-refractivity contribution >= 4 is 5.97 Å². The average Bonchev–Trinajstić information content (AvgIpc) is 3.02. The number of aliphatic hydroxyl groups excluding tert-OH is 1. The fourth-order valence-corrected chi connectivity index (χ4v) is 3.50. The first kappa shape index (κ1) is 16.8. The Labute approximate surface area is 132 Å². The molecule has 120 valence electrons. The molecule has 1 aliphatic heterocycles. The number of ether oxygens (including phenoxy) is 2. The lowest BCUT2D eigenvalue weighted by Crippen LogP contribution is -2.46. The molecule has 1 saturated heterocycles. The highest BCUT2D eigenvalue weighted by molar-refractivity contribution is 5.82. The molecule has 4 nitrogen and oxygen atoms in total. The zero-order valence-corrected chi connectivity index (χ0v) is 13.9. The summed E-state index contributed by atoms with van der Waals surface area (Å²) in [6.45, 7) is 8.08. The second-order valence-corrected chi connectivity index (χ2v) is 6.94. The third kappa shape index (κ3) is 2.84. The van der Waals surface area contributed by atoms with Gasteiger partial charge in [0, 0.05) is 17.9 Å². The summed E-state index contributed by atoms with van der Waals surface area (Å²) in [6.07, 6.45) is 5.71.